The molecule has 0 spiro atoms. The molecule has 1 amide bonds. The second-order valence-electron chi connectivity index (χ2n) is 7.32. The van der Waals surface area contributed by atoms with Crippen LogP contribution in [0.25, 0.3) is 0 Å². The zero-order valence-electron chi connectivity index (χ0n) is 16.6. The molecule has 0 bridgehead atoms. The summed E-state index contributed by atoms with van der Waals surface area (Å²) in [7, 11) is -3.59. The van der Waals surface area contributed by atoms with Gasteiger partial charge in [0.15, 0.2) is 0 Å². The molecule has 2 aromatic rings. The van der Waals surface area contributed by atoms with Crippen molar-refractivity contribution in [3.63, 3.8) is 0 Å². The van der Waals surface area contributed by atoms with Gasteiger partial charge in [0, 0.05) is 23.2 Å². The van der Waals surface area contributed by atoms with Gasteiger partial charge in [-0.05, 0) is 61.7 Å². The zero-order chi connectivity index (χ0) is 21.0. The first-order valence-electron chi connectivity index (χ1n) is 9.61. The summed E-state index contributed by atoms with van der Waals surface area (Å²) in [6.07, 6.45) is 3.55. The highest BCUT2D eigenvalue weighted by atomic mass is 79.9. The van der Waals surface area contributed by atoms with Gasteiger partial charge < -0.3 is 10.2 Å². The molecular weight excluding hydrogens is 454 g/mol. The first-order chi connectivity index (χ1) is 13.7. The van der Waals surface area contributed by atoms with Gasteiger partial charge in [-0.15, -0.1) is 0 Å². The number of benzene rings is 2. The Bertz CT molecular complexity index is 940. The lowest BCUT2D eigenvalue weighted by Crippen LogP contribution is -2.41. The molecule has 0 radical (unpaired) electrons. The predicted octanol–water partition coefficient (Wildman–Crippen LogP) is 3.69. The molecule has 1 saturated heterocycles. The minimum atomic E-state index is -3.59. The second kappa shape index (κ2) is 9.17. The van der Waals surface area contributed by atoms with Crippen LogP contribution in [0.3, 0.4) is 0 Å². The van der Waals surface area contributed by atoms with E-state index in [1.165, 1.54) is 18.5 Å². The third-order valence-electron chi connectivity index (χ3n) is 5.04. The Kier molecular flexibility index (Phi) is 6.85. The highest BCUT2D eigenvalue weighted by molar-refractivity contribution is 9.10. The summed E-state index contributed by atoms with van der Waals surface area (Å²) in [6, 6.07) is 14.8. The number of nitrogens with one attached hydrogen (secondary N) is 1. The Hall–Kier alpha value is -2.06. The molecule has 8 heteroatoms. The number of nitrogens with zero attached hydrogens (tertiary/aromatic N) is 2. The van der Waals surface area contributed by atoms with Gasteiger partial charge in [-0.25, -0.2) is 8.42 Å². The van der Waals surface area contributed by atoms with Gasteiger partial charge in [0.05, 0.1) is 18.0 Å². The Morgan fingerprint density at radius 3 is 2.24 bits per heavy atom. The van der Waals surface area contributed by atoms with Crippen molar-refractivity contribution in [2.45, 2.75) is 25.8 Å². The van der Waals surface area contributed by atoms with Crippen molar-refractivity contribution >= 4 is 43.2 Å². The number of sulfonamides is 1. The topological polar surface area (TPSA) is 69.7 Å². The maximum atomic E-state index is 12.6. The van der Waals surface area contributed by atoms with Gasteiger partial charge in [-0.2, -0.15) is 0 Å². The van der Waals surface area contributed by atoms with Crippen LogP contribution in [0.4, 0.5) is 11.4 Å². The van der Waals surface area contributed by atoms with E-state index in [9.17, 15) is 13.2 Å². The smallest absolute Gasteiger partial charge is 0.241 e. The number of carbonyl (C=O) groups is 1. The van der Waals surface area contributed by atoms with Crippen LogP contribution in [0.15, 0.2) is 53.0 Å². The zero-order valence-corrected chi connectivity index (χ0v) is 19.0. The van der Waals surface area contributed by atoms with Crippen LogP contribution in [0.2, 0.25) is 0 Å². The standard InChI is InChI=1S/C21H26BrN3O3S/c1-16(17-5-9-19(10-6-17)24-13-3-4-14-24)23-21(26)15-25(29(2,27)28)20-11-7-18(22)8-12-20/h5-12,16H,3-4,13-15H2,1-2H3,(H,23,26). The Balaban J connectivity index is 1.65. The van der Waals surface area contributed by atoms with Crippen LogP contribution in [0.5, 0.6) is 0 Å². The van der Waals surface area contributed by atoms with Crippen molar-refractivity contribution in [1.29, 1.82) is 0 Å². The van der Waals surface area contributed by atoms with E-state index in [0.717, 1.165) is 33.7 Å². The SMILES string of the molecule is CC(NC(=O)CN(c1ccc(Br)cc1)S(C)(=O)=O)c1ccc(N2CCCC2)cc1. The van der Waals surface area contributed by atoms with Gasteiger partial charge in [0.1, 0.15) is 6.54 Å². The monoisotopic (exact) mass is 479 g/mol. The van der Waals surface area contributed by atoms with E-state index in [-0.39, 0.29) is 18.5 Å². The predicted molar refractivity (Wildman–Crippen MR) is 121 cm³/mol. The maximum absolute atomic E-state index is 12.6. The first kappa shape index (κ1) is 21.6. The van der Waals surface area contributed by atoms with Crippen molar-refractivity contribution in [1.82, 2.24) is 5.32 Å². The molecule has 1 fully saturated rings. The summed E-state index contributed by atoms with van der Waals surface area (Å²) in [5, 5.41) is 2.90. The summed E-state index contributed by atoms with van der Waals surface area (Å²) in [5.74, 6) is -0.352. The fourth-order valence-electron chi connectivity index (χ4n) is 3.46. The molecule has 1 atom stereocenters. The highest BCUT2D eigenvalue weighted by Gasteiger charge is 2.22. The van der Waals surface area contributed by atoms with Crippen molar-refractivity contribution < 1.29 is 13.2 Å². The van der Waals surface area contributed by atoms with Crippen LogP contribution < -0.4 is 14.5 Å². The molecule has 6 nitrogen and oxygen atoms in total. The number of amides is 1. The number of anilines is 2. The third kappa shape index (κ3) is 5.73. The van der Waals surface area contributed by atoms with E-state index in [1.54, 1.807) is 24.3 Å². The number of halogens is 1. The normalized spacial score (nSPS) is 15.2. The van der Waals surface area contributed by atoms with Gasteiger partial charge >= 0.3 is 0 Å². The molecule has 156 valence electrons. The molecule has 2 aromatic carbocycles. The van der Waals surface area contributed by atoms with Crippen LogP contribution in [0.1, 0.15) is 31.4 Å². The van der Waals surface area contributed by atoms with E-state index in [0.29, 0.717) is 5.69 Å². The molecule has 0 aliphatic carbocycles. The molecule has 3 rings (SSSR count). The molecule has 1 heterocycles. The Morgan fingerprint density at radius 2 is 1.69 bits per heavy atom. The molecule has 1 aliphatic rings. The van der Waals surface area contributed by atoms with Crippen molar-refractivity contribution in [3.05, 3.63) is 58.6 Å². The van der Waals surface area contributed by atoms with Crippen LogP contribution >= 0.6 is 15.9 Å². The number of hydrogen-bond acceptors (Lipinski definition) is 4. The Labute approximate surface area is 181 Å². The van der Waals surface area contributed by atoms with E-state index >= 15 is 0 Å². The number of hydrogen-bond donors (Lipinski definition) is 1. The minimum absolute atomic E-state index is 0.221. The van der Waals surface area contributed by atoms with Crippen LogP contribution in [-0.2, 0) is 14.8 Å². The van der Waals surface area contributed by atoms with E-state index in [2.05, 4.69) is 38.3 Å². The summed E-state index contributed by atoms with van der Waals surface area (Å²) in [5.41, 5.74) is 2.63. The first-order valence-corrected chi connectivity index (χ1v) is 12.3. The maximum Gasteiger partial charge on any atom is 0.241 e. The van der Waals surface area contributed by atoms with Crippen molar-refractivity contribution in [3.8, 4) is 0 Å². The largest absolute Gasteiger partial charge is 0.372 e. The van der Waals surface area contributed by atoms with E-state index < -0.39 is 10.0 Å². The molecule has 1 aliphatic heterocycles. The minimum Gasteiger partial charge on any atom is -0.372 e. The van der Waals surface area contributed by atoms with Crippen LogP contribution in [0, 0.1) is 0 Å². The summed E-state index contributed by atoms with van der Waals surface area (Å²) in [4.78, 5) is 14.9. The number of rotatable bonds is 7. The number of carbonyl (C=O) groups excluding carboxylic acids is 1. The quantitative estimate of drug-likeness (QED) is 0.657. The van der Waals surface area contributed by atoms with Gasteiger partial charge in [0.2, 0.25) is 15.9 Å². The lowest BCUT2D eigenvalue weighted by Gasteiger charge is -2.23. The third-order valence-corrected chi connectivity index (χ3v) is 6.71. The average Bonchev–Trinajstić information content (AvgIpc) is 3.21. The molecular formula is C21H26BrN3O3S. The van der Waals surface area contributed by atoms with E-state index in [1.807, 2.05) is 19.1 Å². The second-order valence-corrected chi connectivity index (χ2v) is 10.1. The van der Waals surface area contributed by atoms with Crippen molar-refractivity contribution in [2.75, 3.05) is 35.1 Å². The Morgan fingerprint density at radius 1 is 1.10 bits per heavy atom. The van der Waals surface area contributed by atoms with Gasteiger partial charge in [-0.3, -0.25) is 9.10 Å². The molecule has 1 N–H and O–H groups in total. The summed E-state index contributed by atoms with van der Waals surface area (Å²) >= 11 is 3.33. The molecule has 29 heavy (non-hydrogen) atoms. The highest BCUT2D eigenvalue weighted by Crippen LogP contribution is 2.23. The van der Waals surface area contributed by atoms with Gasteiger partial charge in [0.25, 0.3) is 0 Å². The average molecular weight is 480 g/mol. The fourth-order valence-corrected chi connectivity index (χ4v) is 4.58. The van der Waals surface area contributed by atoms with Crippen molar-refractivity contribution in [2.24, 2.45) is 0 Å². The summed E-state index contributed by atoms with van der Waals surface area (Å²) in [6.45, 7) is 3.80. The van der Waals surface area contributed by atoms with Crippen LogP contribution in [-0.4, -0.2) is 40.2 Å². The molecule has 1 unspecified atom stereocenters. The lowest BCUT2D eigenvalue weighted by molar-refractivity contribution is -0.120. The summed E-state index contributed by atoms with van der Waals surface area (Å²) < 4.78 is 26.3. The van der Waals surface area contributed by atoms with Gasteiger partial charge in [-0.1, -0.05) is 28.1 Å². The van der Waals surface area contributed by atoms with E-state index in [4.69, 9.17) is 0 Å². The molecule has 0 saturated carbocycles. The lowest BCUT2D eigenvalue weighted by atomic mass is 10.1. The fraction of sp³-hybridized carbons (Fsp3) is 0.381. The molecule has 0 aromatic heterocycles.